The molecular weight excluding hydrogens is 324 g/mol. The molecule has 2 rings (SSSR count). The molecule has 2 aromatic carbocycles. The predicted octanol–water partition coefficient (Wildman–Crippen LogP) is 3.34. The molecule has 0 saturated carbocycles. The second kappa shape index (κ2) is 5.95. The van der Waals surface area contributed by atoms with Crippen LogP contribution in [0.4, 0.5) is 5.69 Å². The van der Waals surface area contributed by atoms with Gasteiger partial charge in [-0.25, -0.2) is 0 Å². The highest BCUT2D eigenvalue weighted by atomic mass is 79.9. The van der Waals surface area contributed by atoms with Crippen LogP contribution < -0.4 is 11.1 Å². The Morgan fingerprint density at radius 3 is 2.32 bits per heavy atom. The Kier molecular flexibility index (Phi) is 4.29. The zero-order chi connectivity index (χ0) is 13.8. The molecule has 19 heavy (non-hydrogen) atoms. The molecule has 1 amide bonds. The van der Waals surface area contributed by atoms with Crippen molar-refractivity contribution in [3.63, 3.8) is 0 Å². The zero-order valence-electron chi connectivity index (χ0n) is 9.89. The van der Waals surface area contributed by atoms with E-state index in [9.17, 15) is 4.79 Å². The second-order valence-electron chi connectivity index (χ2n) is 3.88. The highest BCUT2D eigenvalue weighted by Gasteiger charge is 2.09. The zero-order valence-corrected chi connectivity index (χ0v) is 12.3. The molecule has 2 aromatic rings. The van der Waals surface area contributed by atoms with Crippen LogP contribution in [0.25, 0.3) is 0 Å². The summed E-state index contributed by atoms with van der Waals surface area (Å²) in [7, 11) is 0. The number of nitrogens with one attached hydrogen (secondary N) is 1. The van der Waals surface area contributed by atoms with Gasteiger partial charge in [0.05, 0.1) is 5.56 Å². The summed E-state index contributed by atoms with van der Waals surface area (Å²) in [4.78, 5) is 12.4. The molecule has 0 heterocycles. The van der Waals surface area contributed by atoms with Crippen LogP contribution in [0.5, 0.6) is 0 Å². The van der Waals surface area contributed by atoms with Gasteiger partial charge >= 0.3 is 0 Å². The summed E-state index contributed by atoms with van der Waals surface area (Å²) in [5.41, 5.74) is 7.57. The van der Waals surface area contributed by atoms with Crippen LogP contribution in [0.1, 0.15) is 15.9 Å². The fraction of sp³-hybridized carbons (Fsp3) is 0. The van der Waals surface area contributed by atoms with Crippen LogP contribution in [0.15, 0.2) is 53.0 Å². The van der Waals surface area contributed by atoms with E-state index in [1.165, 1.54) is 0 Å². The molecule has 0 aliphatic rings. The summed E-state index contributed by atoms with van der Waals surface area (Å²) >= 11 is 8.22. The topological polar surface area (TPSA) is 55.1 Å². The van der Waals surface area contributed by atoms with Crippen LogP contribution >= 0.6 is 28.1 Å². The van der Waals surface area contributed by atoms with Crippen molar-refractivity contribution in [1.82, 2.24) is 0 Å². The highest BCUT2D eigenvalue weighted by Crippen LogP contribution is 2.18. The average Bonchev–Trinajstić information content (AvgIpc) is 2.39. The molecular formula is C14H11BrN2OS. The lowest BCUT2D eigenvalue weighted by Crippen LogP contribution is -2.13. The first-order valence-electron chi connectivity index (χ1n) is 5.53. The van der Waals surface area contributed by atoms with Crippen LogP contribution in [-0.4, -0.2) is 10.9 Å². The van der Waals surface area contributed by atoms with Crippen LogP contribution in [0.3, 0.4) is 0 Å². The normalized spacial score (nSPS) is 9.95. The van der Waals surface area contributed by atoms with Crippen molar-refractivity contribution in [3.05, 3.63) is 64.1 Å². The van der Waals surface area contributed by atoms with Gasteiger partial charge in [0.15, 0.2) is 0 Å². The molecule has 0 atom stereocenters. The van der Waals surface area contributed by atoms with E-state index in [4.69, 9.17) is 18.0 Å². The van der Waals surface area contributed by atoms with E-state index in [-0.39, 0.29) is 5.91 Å². The van der Waals surface area contributed by atoms with E-state index in [1.54, 1.807) is 30.3 Å². The average molecular weight is 335 g/mol. The largest absolute Gasteiger partial charge is 0.389 e. The minimum absolute atomic E-state index is 0.171. The van der Waals surface area contributed by atoms with Crippen molar-refractivity contribution in [2.75, 3.05) is 5.32 Å². The maximum Gasteiger partial charge on any atom is 0.256 e. The first kappa shape index (κ1) is 13.7. The van der Waals surface area contributed by atoms with E-state index in [1.807, 2.05) is 18.2 Å². The van der Waals surface area contributed by atoms with Gasteiger partial charge in [0, 0.05) is 15.7 Å². The van der Waals surface area contributed by atoms with Gasteiger partial charge < -0.3 is 11.1 Å². The molecule has 5 heteroatoms. The van der Waals surface area contributed by atoms with Gasteiger partial charge in [0.2, 0.25) is 0 Å². The smallest absolute Gasteiger partial charge is 0.256 e. The van der Waals surface area contributed by atoms with Crippen molar-refractivity contribution < 1.29 is 4.79 Å². The fourth-order valence-electron chi connectivity index (χ4n) is 1.56. The van der Waals surface area contributed by atoms with Gasteiger partial charge in [-0.1, -0.05) is 24.4 Å². The lowest BCUT2D eigenvalue weighted by molar-refractivity contribution is 0.102. The molecule has 0 unspecified atom stereocenters. The van der Waals surface area contributed by atoms with E-state index in [0.29, 0.717) is 16.2 Å². The van der Waals surface area contributed by atoms with Gasteiger partial charge in [-0.15, -0.1) is 0 Å². The van der Waals surface area contributed by atoms with Crippen LogP contribution in [-0.2, 0) is 0 Å². The van der Waals surface area contributed by atoms with E-state index in [2.05, 4.69) is 21.2 Å². The number of hydrogen-bond donors (Lipinski definition) is 2. The number of carbonyl (C=O) groups is 1. The first-order valence-corrected chi connectivity index (χ1v) is 6.74. The summed E-state index contributed by atoms with van der Waals surface area (Å²) in [5, 5.41) is 2.81. The Labute approximate surface area is 124 Å². The van der Waals surface area contributed by atoms with E-state index < -0.39 is 0 Å². The molecule has 0 aliphatic carbocycles. The molecule has 0 aliphatic heterocycles. The number of thiocarbonyl (C=S) groups is 1. The molecule has 0 radical (unpaired) electrons. The number of halogens is 1. The standard InChI is InChI=1S/C14H11BrN2OS/c15-12-4-2-1-3-11(12)14(18)17-10-7-5-9(6-8-10)13(16)19/h1-8H,(H2,16,19)(H,17,18). The Balaban J connectivity index is 2.15. The molecule has 3 nitrogen and oxygen atoms in total. The minimum Gasteiger partial charge on any atom is -0.389 e. The van der Waals surface area contributed by atoms with Crippen molar-refractivity contribution in [2.24, 2.45) is 5.73 Å². The highest BCUT2D eigenvalue weighted by molar-refractivity contribution is 9.10. The summed E-state index contributed by atoms with van der Waals surface area (Å²) in [5.74, 6) is -0.171. The Hall–Kier alpha value is -1.72. The maximum absolute atomic E-state index is 12.1. The quantitative estimate of drug-likeness (QED) is 0.846. The molecule has 0 bridgehead atoms. The number of nitrogens with two attached hydrogens (primary N) is 1. The third-order valence-electron chi connectivity index (χ3n) is 2.55. The molecule has 0 aromatic heterocycles. The van der Waals surface area contributed by atoms with Crippen molar-refractivity contribution >= 4 is 44.7 Å². The van der Waals surface area contributed by atoms with Crippen molar-refractivity contribution in [3.8, 4) is 0 Å². The Bertz CT molecular complexity index is 626. The third-order valence-corrected chi connectivity index (χ3v) is 3.47. The molecule has 96 valence electrons. The lowest BCUT2D eigenvalue weighted by Gasteiger charge is -2.07. The maximum atomic E-state index is 12.1. The van der Waals surface area contributed by atoms with Crippen LogP contribution in [0.2, 0.25) is 0 Å². The van der Waals surface area contributed by atoms with E-state index >= 15 is 0 Å². The van der Waals surface area contributed by atoms with Crippen molar-refractivity contribution in [1.29, 1.82) is 0 Å². The second-order valence-corrected chi connectivity index (χ2v) is 5.17. The van der Waals surface area contributed by atoms with Gasteiger partial charge in [0.25, 0.3) is 5.91 Å². The molecule has 0 fully saturated rings. The van der Waals surface area contributed by atoms with Gasteiger partial charge in [-0.05, 0) is 52.3 Å². The van der Waals surface area contributed by atoms with E-state index in [0.717, 1.165) is 10.0 Å². The molecule has 0 spiro atoms. The van der Waals surface area contributed by atoms with Crippen LogP contribution in [0, 0.1) is 0 Å². The summed E-state index contributed by atoms with van der Waals surface area (Å²) < 4.78 is 0.757. The Morgan fingerprint density at radius 1 is 1.11 bits per heavy atom. The first-order chi connectivity index (χ1) is 9.08. The third kappa shape index (κ3) is 3.39. The minimum atomic E-state index is -0.171. The number of rotatable bonds is 3. The summed E-state index contributed by atoms with van der Waals surface area (Å²) in [6.07, 6.45) is 0. The number of hydrogen-bond acceptors (Lipinski definition) is 2. The lowest BCUT2D eigenvalue weighted by atomic mass is 10.2. The number of amides is 1. The van der Waals surface area contributed by atoms with Gasteiger partial charge in [-0.3, -0.25) is 4.79 Å². The number of benzene rings is 2. The monoisotopic (exact) mass is 334 g/mol. The summed E-state index contributed by atoms with van der Waals surface area (Å²) in [6, 6.07) is 14.3. The fourth-order valence-corrected chi connectivity index (χ4v) is 2.16. The molecule has 0 saturated heterocycles. The molecule has 3 N–H and O–H groups in total. The SMILES string of the molecule is NC(=S)c1ccc(NC(=O)c2ccccc2Br)cc1. The summed E-state index contributed by atoms with van der Waals surface area (Å²) in [6.45, 7) is 0. The van der Waals surface area contributed by atoms with Gasteiger partial charge in [-0.2, -0.15) is 0 Å². The van der Waals surface area contributed by atoms with Gasteiger partial charge in [0.1, 0.15) is 4.99 Å². The Morgan fingerprint density at radius 2 is 1.74 bits per heavy atom. The predicted molar refractivity (Wildman–Crippen MR) is 84.4 cm³/mol. The number of carbonyl (C=O) groups excluding carboxylic acids is 1. The number of anilines is 1. The van der Waals surface area contributed by atoms with Crippen molar-refractivity contribution in [2.45, 2.75) is 0 Å².